The Morgan fingerprint density at radius 3 is 2.50 bits per heavy atom. The molecule has 1 aromatic rings. The number of sulfonamides is 1. The Morgan fingerprint density at radius 1 is 1.40 bits per heavy atom. The summed E-state index contributed by atoms with van der Waals surface area (Å²) in [5.41, 5.74) is -1.36. The molecule has 1 aromatic carbocycles. The van der Waals surface area contributed by atoms with Gasteiger partial charge >= 0.3 is 6.18 Å². The highest BCUT2D eigenvalue weighted by molar-refractivity contribution is 7.89. The van der Waals surface area contributed by atoms with Crippen molar-refractivity contribution in [3.8, 4) is 6.07 Å². The Morgan fingerprint density at radius 2 is 2.00 bits per heavy atom. The number of halogens is 3. The van der Waals surface area contributed by atoms with Crippen molar-refractivity contribution in [2.45, 2.75) is 37.4 Å². The topological polar surface area (TPSA) is 70.0 Å². The minimum atomic E-state index is -4.62. The molecule has 0 heterocycles. The average molecular weight is 306 g/mol. The van der Waals surface area contributed by atoms with Crippen LogP contribution < -0.4 is 4.72 Å². The maximum Gasteiger partial charge on any atom is 0.416 e. The number of rotatable bonds is 4. The molecule has 1 atom stereocenters. The van der Waals surface area contributed by atoms with Gasteiger partial charge in [-0.3, -0.25) is 0 Å². The van der Waals surface area contributed by atoms with Crippen LogP contribution in [0.2, 0.25) is 0 Å². The van der Waals surface area contributed by atoms with Crippen molar-refractivity contribution < 1.29 is 21.6 Å². The molecule has 0 bridgehead atoms. The van der Waals surface area contributed by atoms with Crippen molar-refractivity contribution in [1.82, 2.24) is 4.72 Å². The molecule has 110 valence electrons. The van der Waals surface area contributed by atoms with Crippen molar-refractivity contribution in [2.75, 3.05) is 0 Å². The molecule has 1 unspecified atom stereocenters. The predicted molar refractivity (Wildman–Crippen MR) is 66.2 cm³/mol. The molecule has 0 aliphatic heterocycles. The molecule has 0 amide bonds. The molecule has 0 radical (unpaired) electrons. The molecule has 0 aromatic heterocycles. The number of nitriles is 1. The third-order valence-electron chi connectivity index (χ3n) is 2.63. The van der Waals surface area contributed by atoms with Gasteiger partial charge < -0.3 is 0 Å². The van der Waals surface area contributed by atoms with Gasteiger partial charge in [0.1, 0.15) is 0 Å². The molecule has 8 heteroatoms. The predicted octanol–water partition coefficient (Wildman–Crippen LogP) is 2.59. The van der Waals surface area contributed by atoms with Gasteiger partial charge in [0.15, 0.2) is 0 Å². The lowest BCUT2D eigenvalue weighted by atomic mass is 10.1. The molecule has 4 nitrogen and oxygen atoms in total. The summed E-state index contributed by atoms with van der Waals surface area (Å²) in [4.78, 5) is -0.433. The van der Waals surface area contributed by atoms with Gasteiger partial charge in [-0.1, -0.05) is 6.07 Å². The number of hydrogen-bond acceptors (Lipinski definition) is 3. The van der Waals surface area contributed by atoms with Gasteiger partial charge in [-0.05, 0) is 31.5 Å². The van der Waals surface area contributed by atoms with Crippen LogP contribution in [-0.4, -0.2) is 14.5 Å². The fraction of sp³-hybridized carbons (Fsp3) is 0.417. The summed E-state index contributed by atoms with van der Waals surface area (Å²) in [6.07, 6.45) is -4.69. The fourth-order valence-electron chi connectivity index (χ4n) is 1.72. The summed E-state index contributed by atoms with van der Waals surface area (Å²) in [6, 6.07) is 4.07. The first-order valence-corrected chi connectivity index (χ1v) is 7.14. The third kappa shape index (κ3) is 3.71. The lowest BCUT2D eigenvalue weighted by Gasteiger charge is -2.16. The Balaban J connectivity index is 3.24. The van der Waals surface area contributed by atoms with E-state index in [2.05, 4.69) is 4.72 Å². The van der Waals surface area contributed by atoms with Crippen molar-refractivity contribution in [3.63, 3.8) is 0 Å². The van der Waals surface area contributed by atoms with Gasteiger partial charge in [0, 0.05) is 6.04 Å². The van der Waals surface area contributed by atoms with Crippen molar-refractivity contribution in [2.24, 2.45) is 0 Å². The zero-order chi connectivity index (χ0) is 15.6. The number of alkyl halides is 3. The van der Waals surface area contributed by atoms with Gasteiger partial charge in [-0.15, -0.1) is 0 Å². The molecule has 20 heavy (non-hydrogen) atoms. The normalized spacial score (nSPS) is 13.8. The van der Waals surface area contributed by atoms with E-state index in [1.165, 1.54) is 6.92 Å². The molecule has 0 fully saturated rings. The van der Waals surface area contributed by atoms with Crippen LogP contribution in [0.25, 0.3) is 0 Å². The molecule has 1 N–H and O–H groups in total. The Hall–Kier alpha value is -1.59. The second-order valence-electron chi connectivity index (χ2n) is 4.31. The molecular weight excluding hydrogens is 293 g/mol. The van der Waals surface area contributed by atoms with Gasteiger partial charge in [0.2, 0.25) is 10.0 Å². The SMILES string of the molecule is Cc1c(C(F)(F)F)cccc1S(=O)(=O)NC(C)CC#N. The highest BCUT2D eigenvalue weighted by atomic mass is 32.2. The van der Waals surface area contributed by atoms with Crippen LogP contribution in [-0.2, 0) is 16.2 Å². The molecule has 0 saturated carbocycles. The van der Waals surface area contributed by atoms with Crippen molar-refractivity contribution >= 4 is 10.0 Å². The van der Waals surface area contributed by atoms with Crippen molar-refractivity contribution in [3.05, 3.63) is 29.3 Å². The summed E-state index contributed by atoms with van der Waals surface area (Å²) >= 11 is 0. The summed E-state index contributed by atoms with van der Waals surface area (Å²) in [5.74, 6) is 0. The average Bonchev–Trinajstić information content (AvgIpc) is 2.26. The van der Waals surface area contributed by atoms with Crippen LogP contribution in [0.1, 0.15) is 24.5 Å². The van der Waals surface area contributed by atoms with E-state index < -0.39 is 32.7 Å². The minimum absolute atomic E-state index is 0.0722. The lowest BCUT2D eigenvalue weighted by Crippen LogP contribution is -2.33. The first kappa shape index (κ1) is 16.5. The number of benzene rings is 1. The van der Waals surface area contributed by atoms with Crippen LogP contribution in [0.3, 0.4) is 0 Å². The second-order valence-corrected chi connectivity index (χ2v) is 5.99. The van der Waals surface area contributed by atoms with Crippen LogP contribution in [0.15, 0.2) is 23.1 Å². The first-order chi connectivity index (χ1) is 9.09. The number of nitrogens with zero attached hydrogens (tertiary/aromatic N) is 1. The van der Waals surface area contributed by atoms with E-state index >= 15 is 0 Å². The summed E-state index contributed by atoms with van der Waals surface area (Å²) in [7, 11) is -4.10. The van der Waals surface area contributed by atoms with Crippen LogP contribution in [0, 0.1) is 18.3 Å². The largest absolute Gasteiger partial charge is 0.416 e. The highest BCUT2D eigenvalue weighted by Gasteiger charge is 2.34. The van der Waals surface area contributed by atoms with E-state index in [-0.39, 0.29) is 12.0 Å². The minimum Gasteiger partial charge on any atom is -0.207 e. The number of nitrogens with one attached hydrogen (secondary N) is 1. The molecule has 0 aliphatic rings. The zero-order valence-corrected chi connectivity index (χ0v) is 11.6. The van der Waals surface area contributed by atoms with E-state index in [0.29, 0.717) is 0 Å². The highest BCUT2D eigenvalue weighted by Crippen LogP contribution is 2.34. The molecule has 1 rings (SSSR count). The summed E-state index contributed by atoms with van der Waals surface area (Å²) in [6.45, 7) is 2.57. The molecule has 0 saturated heterocycles. The molecule has 0 spiro atoms. The third-order valence-corrected chi connectivity index (χ3v) is 4.37. The Kier molecular flexibility index (Phi) is 4.78. The van der Waals surface area contributed by atoms with Crippen LogP contribution in [0.4, 0.5) is 13.2 Å². The van der Waals surface area contributed by atoms with Crippen LogP contribution in [0.5, 0.6) is 0 Å². The quantitative estimate of drug-likeness (QED) is 0.929. The van der Waals surface area contributed by atoms with E-state index in [9.17, 15) is 21.6 Å². The zero-order valence-electron chi connectivity index (χ0n) is 10.8. The fourth-order valence-corrected chi connectivity index (χ4v) is 3.23. The second kappa shape index (κ2) is 5.81. The Bertz CT molecular complexity index is 633. The standard InChI is InChI=1S/C12H13F3N2O2S/c1-8(6-7-16)17-20(18,19)11-5-3-4-10(9(11)2)12(13,14)15/h3-5,8,17H,6H2,1-2H3. The van der Waals surface area contributed by atoms with Gasteiger partial charge in [0.05, 0.1) is 22.9 Å². The monoisotopic (exact) mass is 306 g/mol. The van der Waals surface area contributed by atoms with Gasteiger partial charge in [0.25, 0.3) is 0 Å². The first-order valence-electron chi connectivity index (χ1n) is 5.65. The van der Waals surface area contributed by atoms with E-state index in [0.717, 1.165) is 25.1 Å². The van der Waals surface area contributed by atoms with E-state index in [1.54, 1.807) is 6.07 Å². The van der Waals surface area contributed by atoms with Crippen molar-refractivity contribution in [1.29, 1.82) is 5.26 Å². The number of hydrogen-bond donors (Lipinski definition) is 1. The smallest absolute Gasteiger partial charge is 0.207 e. The summed E-state index contributed by atoms with van der Waals surface area (Å²) < 4.78 is 64.5. The van der Waals surface area contributed by atoms with Gasteiger partial charge in [-0.2, -0.15) is 18.4 Å². The Labute approximate surface area is 115 Å². The molecule has 0 aliphatic carbocycles. The van der Waals surface area contributed by atoms with Crippen LogP contribution >= 0.6 is 0 Å². The molecular formula is C12H13F3N2O2S. The van der Waals surface area contributed by atoms with Gasteiger partial charge in [-0.25, -0.2) is 13.1 Å². The van der Waals surface area contributed by atoms with E-state index in [4.69, 9.17) is 5.26 Å². The lowest BCUT2D eigenvalue weighted by molar-refractivity contribution is -0.138. The summed E-state index contributed by atoms with van der Waals surface area (Å²) in [5, 5.41) is 8.48. The maximum atomic E-state index is 12.7. The van der Waals surface area contributed by atoms with E-state index in [1.807, 2.05) is 0 Å². The maximum absolute atomic E-state index is 12.7.